The van der Waals surface area contributed by atoms with Gasteiger partial charge in [-0.2, -0.15) is 0 Å². The van der Waals surface area contributed by atoms with Crippen LogP contribution in [0.2, 0.25) is 0 Å². The highest BCUT2D eigenvalue weighted by atomic mass is 79.9. The fourth-order valence-corrected chi connectivity index (χ4v) is 1.51. The van der Waals surface area contributed by atoms with Crippen molar-refractivity contribution in [3.05, 3.63) is 52.8 Å². The maximum Gasteiger partial charge on any atom is 0.191 e. The molecule has 1 aliphatic rings. The summed E-state index contributed by atoms with van der Waals surface area (Å²) in [6.45, 7) is 0. The molecule has 0 aromatic heterocycles. The van der Waals surface area contributed by atoms with E-state index in [1.807, 2.05) is 18.1 Å². The van der Waals surface area contributed by atoms with E-state index in [0.29, 0.717) is 0 Å². The average Bonchev–Trinajstić information content (AvgIpc) is 2.20. The van der Waals surface area contributed by atoms with Gasteiger partial charge in [0.15, 0.2) is 7.28 Å². The van der Waals surface area contributed by atoms with Gasteiger partial charge in [-0.15, -0.1) is 0 Å². The van der Waals surface area contributed by atoms with Crippen molar-refractivity contribution in [1.29, 1.82) is 0 Å². The summed E-state index contributed by atoms with van der Waals surface area (Å²) in [5.41, 5.74) is 2.43. The maximum absolute atomic E-state index is 5.11. The molecule has 0 saturated carbocycles. The van der Waals surface area contributed by atoms with Crippen LogP contribution in [0.25, 0.3) is 5.47 Å². The van der Waals surface area contributed by atoms with Gasteiger partial charge in [-0.1, -0.05) is 34.0 Å². The minimum absolute atomic E-state index is 0.946. The van der Waals surface area contributed by atoms with E-state index in [2.05, 4.69) is 28.1 Å². The summed E-state index contributed by atoms with van der Waals surface area (Å²) in [6, 6.07) is 8.24. The SMILES string of the molecule is Brc1ccc(C2=COC=CB2)cc1. The van der Waals surface area contributed by atoms with E-state index in [0.717, 1.165) is 11.8 Å². The van der Waals surface area contributed by atoms with E-state index in [9.17, 15) is 0 Å². The molecule has 1 aromatic carbocycles. The van der Waals surface area contributed by atoms with E-state index >= 15 is 0 Å². The summed E-state index contributed by atoms with van der Waals surface area (Å²) in [6.07, 6.45) is 3.51. The van der Waals surface area contributed by atoms with Crippen molar-refractivity contribution in [3.63, 3.8) is 0 Å². The zero-order valence-corrected chi connectivity index (χ0v) is 8.62. The molecule has 0 atom stereocenters. The Morgan fingerprint density at radius 2 is 1.92 bits per heavy atom. The van der Waals surface area contributed by atoms with Crippen molar-refractivity contribution < 1.29 is 4.74 Å². The minimum Gasteiger partial charge on any atom is -0.474 e. The molecule has 3 heteroatoms. The zero-order valence-electron chi connectivity index (χ0n) is 7.03. The molecule has 0 aliphatic carbocycles. The monoisotopic (exact) mass is 234 g/mol. The van der Waals surface area contributed by atoms with Crippen LogP contribution in [0.4, 0.5) is 0 Å². The summed E-state index contributed by atoms with van der Waals surface area (Å²) in [7, 11) is 0.946. The Balaban J connectivity index is 2.25. The first-order valence-corrected chi connectivity index (χ1v) is 4.91. The van der Waals surface area contributed by atoms with Crippen LogP contribution in [0, 0.1) is 0 Å². The van der Waals surface area contributed by atoms with Crippen molar-refractivity contribution >= 4 is 28.7 Å². The zero-order chi connectivity index (χ0) is 9.10. The Morgan fingerprint density at radius 1 is 1.15 bits per heavy atom. The Morgan fingerprint density at radius 3 is 2.54 bits per heavy atom. The summed E-state index contributed by atoms with van der Waals surface area (Å²) in [5.74, 6) is 2.01. The second kappa shape index (κ2) is 3.84. The quantitative estimate of drug-likeness (QED) is 0.680. The largest absolute Gasteiger partial charge is 0.474 e. The van der Waals surface area contributed by atoms with Gasteiger partial charge in [-0.3, -0.25) is 0 Å². The predicted molar refractivity (Wildman–Crippen MR) is 59.5 cm³/mol. The van der Waals surface area contributed by atoms with Gasteiger partial charge in [0.2, 0.25) is 0 Å². The minimum atomic E-state index is 0.946. The molecular formula is C10H8BBrO. The molecule has 0 amide bonds. The van der Waals surface area contributed by atoms with Gasteiger partial charge in [0, 0.05) is 4.47 Å². The van der Waals surface area contributed by atoms with E-state index < -0.39 is 0 Å². The highest BCUT2D eigenvalue weighted by molar-refractivity contribution is 9.10. The molecular weight excluding hydrogens is 227 g/mol. The molecule has 1 aromatic rings. The van der Waals surface area contributed by atoms with Crippen molar-refractivity contribution in [2.45, 2.75) is 0 Å². The van der Waals surface area contributed by atoms with Gasteiger partial charge in [0.1, 0.15) is 0 Å². The lowest BCUT2D eigenvalue weighted by Gasteiger charge is -2.07. The van der Waals surface area contributed by atoms with Crippen molar-refractivity contribution in [2.24, 2.45) is 0 Å². The first-order chi connectivity index (χ1) is 6.36. The third-order valence-corrected chi connectivity index (χ3v) is 2.47. The molecule has 0 bridgehead atoms. The number of ether oxygens (including phenoxy) is 1. The first kappa shape index (κ1) is 8.63. The van der Waals surface area contributed by atoms with Gasteiger partial charge >= 0.3 is 0 Å². The fraction of sp³-hybridized carbons (Fsp3) is 0. The molecule has 2 rings (SSSR count). The summed E-state index contributed by atoms with van der Waals surface area (Å²) >= 11 is 3.40. The Bertz CT molecular complexity index is 354. The van der Waals surface area contributed by atoms with Gasteiger partial charge in [0.25, 0.3) is 0 Å². The Kier molecular flexibility index (Phi) is 2.55. The lowest BCUT2D eigenvalue weighted by molar-refractivity contribution is 0.405. The Labute approximate surface area is 86.5 Å². The van der Waals surface area contributed by atoms with Crippen molar-refractivity contribution in [1.82, 2.24) is 0 Å². The molecule has 0 saturated heterocycles. The van der Waals surface area contributed by atoms with Crippen LogP contribution in [0.15, 0.2) is 47.2 Å². The molecule has 1 aliphatic heterocycles. The number of hydrogen-bond donors (Lipinski definition) is 0. The normalized spacial score (nSPS) is 14.4. The molecule has 0 spiro atoms. The predicted octanol–water partition coefficient (Wildman–Crippen LogP) is 2.69. The summed E-state index contributed by atoms with van der Waals surface area (Å²) in [4.78, 5) is 0. The second-order valence-electron chi connectivity index (χ2n) is 2.86. The lowest BCUT2D eigenvalue weighted by atomic mass is 9.67. The van der Waals surface area contributed by atoms with Gasteiger partial charge in [-0.25, -0.2) is 0 Å². The second-order valence-corrected chi connectivity index (χ2v) is 3.78. The molecule has 0 fully saturated rings. The molecule has 0 N–H and O–H groups in total. The van der Waals surface area contributed by atoms with Gasteiger partial charge < -0.3 is 4.74 Å². The van der Waals surface area contributed by atoms with Crippen molar-refractivity contribution in [3.8, 4) is 0 Å². The van der Waals surface area contributed by atoms with Gasteiger partial charge in [0.05, 0.1) is 12.5 Å². The lowest BCUT2D eigenvalue weighted by Crippen LogP contribution is -1.97. The number of benzene rings is 1. The smallest absolute Gasteiger partial charge is 0.191 e. The van der Waals surface area contributed by atoms with Crippen LogP contribution in [-0.4, -0.2) is 7.28 Å². The molecule has 1 heterocycles. The molecule has 1 nitrogen and oxygen atoms in total. The van der Waals surface area contributed by atoms with E-state index in [1.54, 1.807) is 12.5 Å². The number of halogens is 1. The van der Waals surface area contributed by atoms with E-state index in [-0.39, 0.29) is 0 Å². The van der Waals surface area contributed by atoms with Crippen LogP contribution in [0.1, 0.15) is 5.56 Å². The third kappa shape index (κ3) is 2.04. The number of rotatable bonds is 1. The third-order valence-electron chi connectivity index (χ3n) is 1.94. The summed E-state index contributed by atoms with van der Waals surface area (Å²) in [5, 5.41) is 0. The topological polar surface area (TPSA) is 9.23 Å². The summed E-state index contributed by atoms with van der Waals surface area (Å²) < 4.78 is 6.21. The fourth-order valence-electron chi connectivity index (χ4n) is 1.25. The highest BCUT2D eigenvalue weighted by Gasteiger charge is 2.04. The van der Waals surface area contributed by atoms with Crippen LogP contribution < -0.4 is 0 Å². The first-order valence-electron chi connectivity index (χ1n) is 4.12. The molecule has 64 valence electrons. The van der Waals surface area contributed by atoms with Crippen LogP contribution in [0.3, 0.4) is 0 Å². The molecule has 0 radical (unpaired) electrons. The van der Waals surface area contributed by atoms with E-state index in [4.69, 9.17) is 4.74 Å². The maximum atomic E-state index is 5.11. The molecule has 13 heavy (non-hydrogen) atoms. The van der Waals surface area contributed by atoms with Crippen LogP contribution in [0.5, 0.6) is 0 Å². The highest BCUT2D eigenvalue weighted by Crippen LogP contribution is 2.18. The average molecular weight is 235 g/mol. The molecule has 0 unspecified atom stereocenters. The van der Waals surface area contributed by atoms with Crippen molar-refractivity contribution in [2.75, 3.05) is 0 Å². The van der Waals surface area contributed by atoms with Crippen LogP contribution in [-0.2, 0) is 4.74 Å². The van der Waals surface area contributed by atoms with Crippen LogP contribution >= 0.6 is 15.9 Å². The van der Waals surface area contributed by atoms with E-state index in [1.165, 1.54) is 11.0 Å². The number of hydrogen-bond acceptors (Lipinski definition) is 1. The standard InChI is InChI=1S/C10H8BBrO/c12-9-3-1-8(2-4-9)10-7-13-6-5-11-10/h1-7,11H. The Hall–Kier alpha value is -0.955. The van der Waals surface area contributed by atoms with Gasteiger partial charge in [-0.05, 0) is 23.2 Å².